The summed E-state index contributed by atoms with van der Waals surface area (Å²) < 4.78 is 0. The normalized spacial score (nSPS) is 28.5. The summed E-state index contributed by atoms with van der Waals surface area (Å²) in [5, 5.41) is 8.82. The van der Waals surface area contributed by atoms with Gasteiger partial charge in [-0.1, -0.05) is 19.8 Å². The topological polar surface area (TPSA) is 54.4 Å². The van der Waals surface area contributed by atoms with Gasteiger partial charge in [0.1, 0.15) is 5.78 Å². The molecule has 0 saturated heterocycles. The summed E-state index contributed by atoms with van der Waals surface area (Å²) in [7, 11) is 0. The zero-order chi connectivity index (χ0) is 10.6. The van der Waals surface area contributed by atoms with Crippen LogP contribution in [0, 0.1) is 5.41 Å². The molecule has 0 spiro atoms. The number of hydrogen-bond donors (Lipinski definition) is 1. The van der Waals surface area contributed by atoms with Crippen LogP contribution in [0.2, 0.25) is 0 Å². The van der Waals surface area contributed by atoms with Crippen LogP contribution in [0.4, 0.5) is 0 Å². The minimum absolute atomic E-state index is 0.0162. The number of hydrogen-bond acceptors (Lipinski definition) is 2. The van der Waals surface area contributed by atoms with Crippen molar-refractivity contribution in [3.05, 3.63) is 0 Å². The number of ketones is 1. The molecule has 0 bridgehead atoms. The first-order chi connectivity index (χ1) is 6.60. The van der Waals surface area contributed by atoms with Crippen molar-refractivity contribution < 1.29 is 14.7 Å². The molecule has 14 heavy (non-hydrogen) atoms. The average Bonchev–Trinajstić information content (AvgIpc) is 2.29. The van der Waals surface area contributed by atoms with Crippen LogP contribution in [0.3, 0.4) is 0 Å². The van der Waals surface area contributed by atoms with Gasteiger partial charge in [-0.3, -0.25) is 9.59 Å². The van der Waals surface area contributed by atoms with Crippen LogP contribution in [0.25, 0.3) is 0 Å². The van der Waals surface area contributed by atoms with Crippen molar-refractivity contribution in [2.75, 3.05) is 0 Å². The van der Waals surface area contributed by atoms with Gasteiger partial charge in [-0.05, 0) is 19.3 Å². The van der Waals surface area contributed by atoms with Crippen LogP contribution in [0.5, 0.6) is 0 Å². The molecule has 1 saturated carbocycles. The van der Waals surface area contributed by atoms with Crippen molar-refractivity contribution in [1.82, 2.24) is 0 Å². The van der Waals surface area contributed by atoms with E-state index in [2.05, 4.69) is 0 Å². The van der Waals surface area contributed by atoms with Crippen molar-refractivity contribution >= 4 is 11.8 Å². The predicted octanol–water partition coefficient (Wildman–Crippen LogP) is 2.39. The Balaban J connectivity index is 2.81. The van der Waals surface area contributed by atoms with Crippen molar-refractivity contribution in [1.29, 1.82) is 0 Å². The molecule has 0 aliphatic heterocycles. The Morgan fingerprint density at radius 3 is 2.71 bits per heavy atom. The van der Waals surface area contributed by atoms with Gasteiger partial charge >= 0.3 is 5.97 Å². The number of carboxylic acids is 1. The number of aliphatic carboxylic acids is 1. The summed E-state index contributed by atoms with van der Waals surface area (Å²) in [6, 6.07) is 0. The zero-order valence-electron chi connectivity index (χ0n) is 8.71. The fourth-order valence-corrected chi connectivity index (χ4v) is 2.31. The molecule has 0 aromatic rings. The third-order valence-corrected chi connectivity index (χ3v) is 3.32. The molecule has 1 N–H and O–H groups in total. The van der Waals surface area contributed by atoms with Crippen LogP contribution in [-0.4, -0.2) is 16.9 Å². The molecule has 80 valence electrons. The zero-order valence-corrected chi connectivity index (χ0v) is 8.71. The van der Waals surface area contributed by atoms with Gasteiger partial charge in [-0.15, -0.1) is 0 Å². The van der Waals surface area contributed by atoms with E-state index in [0.29, 0.717) is 12.8 Å². The third-order valence-electron chi connectivity index (χ3n) is 3.32. The fraction of sp³-hybridized carbons (Fsp3) is 0.818. The summed E-state index contributed by atoms with van der Waals surface area (Å²) >= 11 is 0. The molecule has 0 heterocycles. The van der Waals surface area contributed by atoms with Crippen molar-refractivity contribution in [2.24, 2.45) is 5.41 Å². The molecule has 1 aliphatic carbocycles. The molecule has 1 fully saturated rings. The lowest BCUT2D eigenvalue weighted by Gasteiger charge is -2.27. The lowest BCUT2D eigenvalue weighted by atomic mass is 9.74. The van der Waals surface area contributed by atoms with E-state index in [1.165, 1.54) is 0 Å². The highest BCUT2D eigenvalue weighted by atomic mass is 16.4. The molecule has 0 amide bonds. The maximum Gasteiger partial charge on any atom is 0.304 e. The van der Waals surface area contributed by atoms with Crippen LogP contribution in [0.1, 0.15) is 51.9 Å². The lowest BCUT2D eigenvalue weighted by molar-refractivity contribution is -0.145. The number of carbonyl (C=O) groups excluding carboxylic acids is 1. The Hall–Kier alpha value is -0.860. The second kappa shape index (κ2) is 4.58. The molecule has 1 unspecified atom stereocenters. The molecule has 1 aliphatic rings. The molecule has 0 aromatic heterocycles. The van der Waals surface area contributed by atoms with Gasteiger partial charge in [0.05, 0.1) is 6.42 Å². The number of Topliss-reactive ketones (excluding diaryl/α,β-unsaturated/α-hetero) is 1. The predicted molar refractivity (Wildman–Crippen MR) is 53.1 cm³/mol. The number of carboxylic acid groups (broad SMARTS) is 1. The monoisotopic (exact) mass is 198 g/mol. The smallest absolute Gasteiger partial charge is 0.304 e. The van der Waals surface area contributed by atoms with E-state index in [1.54, 1.807) is 0 Å². The minimum atomic E-state index is -0.845. The molecule has 1 atom stereocenters. The van der Waals surface area contributed by atoms with Crippen LogP contribution < -0.4 is 0 Å². The van der Waals surface area contributed by atoms with Gasteiger partial charge in [-0.2, -0.15) is 0 Å². The molecular weight excluding hydrogens is 180 g/mol. The average molecular weight is 198 g/mol. The second-order valence-electron chi connectivity index (χ2n) is 4.19. The highest BCUT2D eigenvalue weighted by Gasteiger charge is 2.38. The van der Waals surface area contributed by atoms with E-state index in [0.717, 1.165) is 25.7 Å². The summed E-state index contributed by atoms with van der Waals surface area (Å²) in [6.45, 7) is 1.92. The SMILES string of the molecule is CCC1(CC(=O)O)CCCCCC1=O. The van der Waals surface area contributed by atoms with Crippen molar-refractivity contribution in [2.45, 2.75) is 51.9 Å². The van der Waals surface area contributed by atoms with Crippen LogP contribution in [-0.2, 0) is 9.59 Å². The van der Waals surface area contributed by atoms with Gasteiger partial charge in [0.2, 0.25) is 0 Å². The molecule has 3 heteroatoms. The second-order valence-corrected chi connectivity index (χ2v) is 4.19. The van der Waals surface area contributed by atoms with E-state index in [-0.39, 0.29) is 12.2 Å². The fourth-order valence-electron chi connectivity index (χ4n) is 2.31. The standard InChI is InChI=1S/C11H18O3/c1-2-11(8-10(13)14)7-5-3-4-6-9(11)12/h2-8H2,1H3,(H,13,14). The van der Waals surface area contributed by atoms with Gasteiger partial charge in [0, 0.05) is 11.8 Å². The highest BCUT2D eigenvalue weighted by Crippen LogP contribution is 2.38. The molecule has 0 radical (unpaired) electrons. The maximum absolute atomic E-state index is 11.8. The van der Waals surface area contributed by atoms with E-state index in [4.69, 9.17) is 5.11 Å². The Labute approximate surface area is 84.5 Å². The summed E-state index contributed by atoms with van der Waals surface area (Å²) in [5.41, 5.74) is -0.553. The molecule has 1 rings (SSSR count). The first kappa shape index (κ1) is 11.2. The first-order valence-electron chi connectivity index (χ1n) is 5.36. The van der Waals surface area contributed by atoms with Gasteiger partial charge in [-0.25, -0.2) is 0 Å². The van der Waals surface area contributed by atoms with Crippen LogP contribution in [0.15, 0.2) is 0 Å². The van der Waals surface area contributed by atoms with E-state index in [9.17, 15) is 9.59 Å². The van der Waals surface area contributed by atoms with Gasteiger partial charge in [0.15, 0.2) is 0 Å². The Bertz CT molecular complexity index is 235. The summed E-state index contributed by atoms with van der Waals surface area (Å²) in [6.07, 6.45) is 5.00. The summed E-state index contributed by atoms with van der Waals surface area (Å²) in [5.74, 6) is -0.679. The quantitative estimate of drug-likeness (QED) is 0.708. The van der Waals surface area contributed by atoms with E-state index in [1.807, 2.05) is 6.92 Å². The van der Waals surface area contributed by atoms with Gasteiger partial charge in [0.25, 0.3) is 0 Å². The van der Waals surface area contributed by atoms with Crippen molar-refractivity contribution in [3.8, 4) is 0 Å². The van der Waals surface area contributed by atoms with Gasteiger partial charge < -0.3 is 5.11 Å². The lowest BCUT2D eigenvalue weighted by Crippen LogP contribution is -2.32. The maximum atomic E-state index is 11.8. The van der Waals surface area contributed by atoms with Crippen molar-refractivity contribution in [3.63, 3.8) is 0 Å². The molecule has 3 nitrogen and oxygen atoms in total. The number of carbonyl (C=O) groups is 2. The molecule has 0 aromatic carbocycles. The Morgan fingerprint density at radius 2 is 2.14 bits per heavy atom. The van der Waals surface area contributed by atoms with E-state index >= 15 is 0 Å². The van der Waals surface area contributed by atoms with Crippen LogP contribution >= 0.6 is 0 Å². The first-order valence-corrected chi connectivity index (χ1v) is 5.36. The Morgan fingerprint density at radius 1 is 1.43 bits per heavy atom. The largest absolute Gasteiger partial charge is 0.481 e. The molecular formula is C11H18O3. The number of rotatable bonds is 3. The summed E-state index contributed by atoms with van der Waals surface area (Å²) in [4.78, 5) is 22.6. The minimum Gasteiger partial charge on any atom is -0.481 e. The third kappa shape index (κ3) is 2.34. The van der Waals surface area contributed by atoms with E-state index < -0.39 is 11.4 Å². The Kier molecular flexibility index (Phi) is 3.67. The highest BCUT2D eigenvalue weighted by molar-refractivity contribution is 5.88.